The molecule has 0 aliphatic carbocycles. The first-order chi connectivity index (χ1) is 17.8. The van der Waals surface area contributed by atoms with Gasteiger partial charge in [0.25, 0.3) is 10.0 Å². The summed E-state index contributed by atoms with van der Waals surface area (Å²) in [6, 6.07) is 14.4. The van der Waals surface area contributed by atoms with E-state index in [1.165, 1.54) is 24.5 Å². The van der Waals surface area contributed by atoms with Crippen LogP contribution in [0, 0.1) is 12.9 Å². The van der Waals surface area contributed by atoms with Crippen molar-refractivity contribution in [2.45, 2.75) is 18.2 Å². The molecule has 0 bridgehead atoms. The topological polar surface area (TPSA) is 120 Å². The molecule has 5 rings (SSSR count). The maximum absolute atomic E-state index is 15.1. The largest absolute Gasteiger partial charge is 0.372 e. The van der Waals surface area contributed by atoms with Crippen molar-refractivity contribution in [3.05, 3.63) is 107 Å². The lowest BCUT2D eigenvalue weighted by Crippen LogP contribution is -2.13. The Bertz CT molecular complexity index is 1740. The summed E-state index contributed by atoms with van der Waals surface area (Å²) in [7, 11) is -2.53. The average molecular weight is 517 g/mol. The summed E-state index contributed by atoms with van der Waals surface area (Å²) >= 11 is 0. The second kappa shape index (κ2) is 9.51. The highest BCUT2D eigenvalue weighted by molar-refractivity contribution is 7.90. The Balaban J connectivity index is 1.59. The number of benzene rings is 1. The van der Waals surface area contributed by atoms with Gasteiger partial charge in [-0.1, -0.05) is 24.3 Å². The molecule has 1 N–H and O–H groups in total. The van der Waals surface area contributed by atoms with Gasteiger partial charge >= 0.3 is 0 Å². The van der Waals surface area contributed by atoms with Crippen LogP contribution in [0.4, 0.5) is 10.2 Å². The molecule has 0 amide bonds. The van der Waals surface area contributed by atoms with E-state index in [1.54, 1.807) is 37.5 Å². The summed E-state index contributed by atoms with van der Waals surface area (Å²) in [6.07, 6.45) is 4.37. The van der Waals surface area contributed by atoms with Crippen LogP contribution in [0.3, 0.4) is 0 Å². The SMILES string of the molecule is CNc1ncnc2c1c(C(=O)c1ccc(Cc3ccc(C)nc3)nc1F)cn2S(=O)(=O)c1ccccc1. The molecule has 0 radical (unpaired) electrons. The van der Waals surface area contributed by atoms with Gasteiger partial charge in [-0.05, 0) is 42.8 Å². The number of aromatic nitrogens is 5. The molecule has 4 heterocycles. The quantitative estimate of drug-likeness (QED) is 0.256. The highest BCUT2D eigenvalue weighted by Gasteiger charge is 2.28. The van der Waals surface area contributed by atoms with Crippen molar-refractivity contribution in [1.29, 1.82) is 0 Å². The lowest BCUT2D eigenvalue weighted by Gasteiger charge is -2.07. The van der Waals surface area contributed by atoms with Crippen LogP contribution >= 0.6 is 0 Å². The number of nitrogens with zero attached hydrogens (tertiary/aromatic N) is 5. The van der Waals surface area contributed by atoms with Gasteiger partial charge in [-0.25, -0.2) is 27.3 Å². The van der Waals surface area contributed by atoms with E-state index in [0.29, 0.717) is 12.1 Å². The van der Waals surface area contributed by atoms with E-state index in [4.69, 9.17) is 0 Å². The third-order valence-electron chi connectivity index (χ3n) is 5.84. The van der Waals surface area contributed by atoms with Crippen LogP contribution < -0.4 is 5.32 Å². The summed E-state index contributed by atoms with van der Waals surface area (Å²) in [5.74, 6) is -1.48. The van der Waals surface area contributed by atoms with Gasteiger partial charge in [-0.15, -0.1) is 0 Å². The molecule has 37 heavy (non-hydrogen) atoms. The Labute approximate surface area is 212 Å². The third kappa shape index (κ3) is 4.45. The van der Waals surface area contributed by atoms with E-state index >= 15 is 4.39 Å². The minimum absolute atomic E-state index is 0.0107. The van der Waals surface area contributed by atoms with Gasteiger partial charge in [0.2, 0.25) is 5.95 Å². The molecular weight excluding hydrogens is 495 g/mol. The number of hydrogen-bond acceptors (Lipinski definition) is 8. The van der Waals surface area contributed by atoms with E-state index in [0.717, 1.165) is 21.4 Å². The summed E-state index contributed by atoms with van der Waals surface area (Å²) in [5, 5.41) is 3.01. The highest BCUT2D eigenvalue weighted by Crippen LogP contribution is 2.30. The molecule has 0 atom stereocenters. The number of fused-ring (bicyclic) bond motifs is 1. The van der Waals surface area contributed by atoms with E-state index in [1.807, 2.05) is 19.1 Å². The van der Waals surface area contributed by atoms with Gasteiger partial charge in [-0.3, -0.25) is 9.78 Å². The summed E-state index contributed by atoms with van der Waals surface area (Å²) in [4.78, 5) is 30.0. The van der Waals surface area contributed by atoms with Gasteiger partial charge in [0.1, 0.15) is 12.1 Å². The first-order valence-electron chi connectivity index (χ1n) is 11.3. The molecule has 0 fully saturated rings. The Kier molecular flexibility index (Phi) is 6.22. The Morgan fingerprint density at radius 2 is 1.78 bits per heavy atom. The van der Waals surface area contributed by atoms with Gasteiger partial charge in [0.05, 0.1) is 21.4 Å². The van der Waals surface area contributed by atoms with Crippen molar-refractivity contribution in [3.63, 3.8) is 0 Å². The molecule has 186 valence electrons. The molecule has 1 aromatic carbocycles. The van der Waals surface area contributed by atoms with Crippen LogP contribution in [0.2, 0.25) is 0 Å². The standard InChI is InChI=1S/C26H21FN6O3S/c1-16-8-9-17(13-29-16)12-18-10-11-20(24(27)32-18)23(34)21-14-33(26-22(21)25(28-2)30-15-31-26)37(35,36)19-6-4-3-5-7-19/h3-11,13-15H,12H2,1-2H3,(H,28,30,31). The van der Waals surface area contributed by atoms with Gasteiger partial charge in [0.15, 0.2) is 11.4 Å². The molecule has 0 aliphatic rings. The number of ketones is 1. The van der Waals surface area contributed by atoms with Crippen molar-refractivity contribution in [3.8, 4) is 0 Å². The molecule has 0 unspecified atom stereocenters. The summed E-state index contributed by atoms with van der Waals surface area (Å²) in [5.41, 5.74) is 1.75. The van der Waals surface area contributed by atoms with Crippen LogP contribution in [-0.4, -0.2) is 45.2 Å². The second-order valence-electron chi connectivity index (χ2n) is 8.28. The van der Waals surface area contributed by atoms with E-state index in [2.05, 4.69) is 25.3 Å². The fraction of sp³-hybridized carbons (Fsp3) is 0.115. The number of pyridine rings is 2. The normalized spacial score (nSPS) is 11.5. The predicted molar refractivity (Wildman–Crippen MR) is 136 cm³/mol. The molecule has 0 spiro atoms. The highest BCUT2D eigenvalue weighted by atomic mass is 32.2. The molecule has 4 aromatic heterocycles. The molecule has 0 saturated heterocycles. The van der Waals surface area contributed by atoms with Gasteiger partial charge < -0.3 is 5.32 Å². The van der Waals surface area contributed by atoms with Crippen molar-refractivity contribution in [1.82, 2.24) is 23.9 Å². The first kappa shape index (κ1) is 24.2. The minimum atomic E-state index is -4.11. The lowest BCUT2D eigenvalue weighted by atomic mass is 10.0. The Hall–Kier alpha value is -4.51. The smallest absolute Gasteiger partial charge is 0.269 e. The monoisotopic (exact) mass is 516 g/mol. The minimum Gasteiger partial charge on any atom is -0.372 e. The van der Waals surface area contributed by atoms with E-state index in [-0.39, 0.29) is 32.9 Å². The van der Waals surface area contributed by atoms with Crippen LogP contribution in [0.5, 0.6) is 0 Å². The predicted octanol–water partition coefficient (Wildman–Crippen LogP) is 3.77. The van der Waals surface area contributed by atoms with Crippen LogP contribution in [-0.2, 0) is 16.4 Å². The van der Waals surface area contributed by atoms with Crippen molar-refractivity contribution in [2.24, 2.45) is 0 Å². The molecular formula is C26H21FN6O3S. The van der Waals surface area contributed by atoms with Crippen molar-refractivity contribution in [2.75, 3.05) is 12.4 Å². The maximum atomic E-state index is 15.1. The number of hydrogen-bond donors (Lipinski definition) is 1. The average Bonchev–Trinajstić information content (AvgIpc) is 3.31. The number of carbonyl (C=O) groups is 1. The Morgan fingerprint density at radius 3 is 2.46 bits per heavy atom. The van der Waals surface area contributed by atoms with Gasteiger partial charge in [-0.2, -0.15) is 4.39 Å². The fourth-order valence-electron chi connectivity index (χ4n) is 3.98. The molecule has 5 aromatic rings. The third-order valence-corrected chi connectivity index (χ3v) is 7.51. The van der Waals surface area contributed by atoms with E-state index < -0.39 is 21.8 Å². The number of rotatable bonds is 7. The van der Waals surface area contributed by atoms with Crippen LogP contribution in [0.25, 0.3) is 11.0 Å². The lowest BCUT2D eigenvalue weighted by molar-refractivity contribution is 0.103. The number of nitrogens with one attached hydrogen (secondary N) is 1. The van der Waals surface area contributed by atoms with Gasteiger partial charge in [0, 0.05) is 37.3 Å². The molecule has 9 nitrogen and oxygen atoms in total. The number of aryl methyl sites for hydroxylation is 1. The molecule has 0 saturated carbocycles. The van der Waals surface area contributed by atoms with Crippen molar-refractivity contribution < 1.29 is 17.6 Å². The number of halogens is 1. The number of anilines is 1. The number of carbonyl (C=O) groups excluding carboxylic acids is 1. The molecule has 0 aliphatic heterocycles. The maximum Gasteiger partial charge on any atom is 0.269 e. The van der Waals surface area contributed by atoms with Crippen LogP contribution in [0.15, 0.2) is 78.2 Å². The molecule has 11 heteroatoms. The fourth-order valence-corrected chi connectivity index (χ4v) is 5.32. The second-order valence-corrected chi connectivity index (χ2v) is 10.1. The zero-order chi connectivity index (χ0) is 26.2. The summed E-state index contributed by atoms with van der Waals surface area (Å²) < 4.78 is 42.8. The summed E-state index contributed by atoms with van der Waals surface area (Å²) in [6.45, 7) is 1.87. The first-order valence-corrected chi connectivity index (χ1v) is 12.7. The van der Waals surface area contributed by atoms with E-state index in [9.17, 15) is 13.2 Å². The van der Waals surface area contributed by atoms with Crippen LogP contribution in [0.1, 0.15) is 32.9 Å². The zero-order valence-corrected chi connectivity index (χ0v) is 20.7. The zero-order valence-electron chi connectivity index (χ0n) is 19.9. The van der Waals surface area contributed by atoms with Crippen molar-refractivity contribution >= 4 is 32.7 Å². The Morgan fingerprint density at radius 1 is 1.00 bits per heavy atom.